The van der Waals surface area contributed by atoms with Gasteiger partial charge in [-0.3, -0.25) is 4.79 Å². The summed E-state index contributed by atoms with van der Waals surface area (Å²) in [4.78, 5) is 19.5. The number of rotatable bonds is 5. The van der Waals surface area contributed by atoms with Crippen LogP contribution in [0.2, 0.25) is 0 Å². The molecule has 0 spiro atoms. The summed E-state index contributed by atoms with van der Waals surface area (Å²) in [5, 5.41) is 3.36. The first-order valence-electron chi connectivity index (χ1n) is 5.47. The van der Waals surface area contributed by atoms with E-state index in [0.717, 1.165) is 9.97 Å². The number of thiazole rings is 1. The zero-order valence-corrected chi connectivity index (χ0v) is 11.7. The number of aryl methyl sites for hydroxylation is 1. The van der Waals surface area contributed by atoms with Crippen molar-refractivity contribution < 1.29 is 9.21 Å². The SMILES string of the molecule is CCC(=O)Nc1ncc(SCc2ncc(C)o2)s1. The Bertz CT molecular complexity index is 536. The zero-order valence-electron chi connectivity index (χ0n) is 10.1. The van der Waals surface area contributed by atoms with E-state index in [1.807, 2.05) is 13.8 Å². The Hall–Kier alpha value is -1.34. The van der Waals surface area contributed by atoms with Crippen molar-refractivity contribution in [3.8, 4) is 0 Å². The lowest BCUT2D eigenvalue weighted by Crippen LogP contribution is -2.08. The van der Waals surface area contributed by atoms with Crippen LogP contribution in [0.4, 0.5) is 5.13 Å². The molecule has 18 heavy (non-hydrogen) atoms. The third kappa shape index (κ3) is 3.58. The van der Waals surface area contributed by atoms with Crippen LogP contribution in [0.5, 0.6) is 0 Å². The molecule has 0 radical (unpaired) electrons. The first kappa shape index (κ1) is 13.1. The van der Waals surface area contributed by atoms with Gasteiger partial charge in [0.15, 0.2) is 5.13 Å². The van der Waals surface area contributed by atoms with Gasteiger partial charge in [0.25, 0.3) is 0 Å². The van der Waals surface area contributed by atoms with Crippen LogP contribution in [0.1, 0.15) is 25.0 Å². The first-order valence-corrected chi connectivity index (χ1v) is 7.27. The van der Waals surface area contributed by atoms with E-state index in [-0.39, 0.29) is 5.91 Å². The molecule has 0 aliphatic rings. The summed E-state index contributed by atoms with van der Waals surface area (Å²) < 4.78 is 6.40. The van der Waals surface area contributed by atoms with Crippen molar-refractivity contribution in [2.45, 2.75) is 30.2 Å². The molecule has 0 atom stereocenters. The Morgan fingerprint density at radius 2 is 2.33 bits per heavy atom. The Labute approximate surface area is 113 Å². The number of anilines is 1. The minimum Gasteiger partial charge on any atom is -0.445 e. The van der Waals surface area contributed by atoms with Crippen molar-refractivity contribution in [2.75, 3.05) is 5.32 Å². The fourth-order valence-corrected chi connectivity index (χ4v) is 2.93. The summed E-state index contributed by atoms with van der Waals surface area (Å²) in [6.45, 7) is 3.68. The number of amides is 1. The highest BCUT2D eigenvalue weighted by molar-refractivity contribution is 8.00. The topological polar surface area (TPSA) is 68.0 Å². The van der Waals surface area contributed by atoms with E-state index in [1.165, 1.54) is 11.3 Å². The molecular formula is C11H13N3O2S2. The molecule has 2 heterocycles. The quantitative estimate of drug-likeness (QED) is 0.854. The maximum absolute atomic E-state index is 11.2. The molecule has 0 aliphatic heterocycles. The van der Waals surface area contributed by atoms with Gasteiger partial charge >= 0.3 is 0 Å². The van der Waals surface area contributed by atoms with E-state index in [9.17, 15) is 4.79 Å². The number of aromatic nitrogens is 2. The average Bonchev–Trinajstić information content (AvgIpc) is 2.96. The summed E-state index contributed by atoms with van der Waals surface area (Å²) in [7, 11) is 0. The van der Waals surface area contributed by atoms with E-state index >= 15 is 0 Å². The molecule has 0 fully saturated rings. The van der Waals surface area contributed by atoms with E-state index < -0.39 is 0 Å². The highest BCUT2D eigenvalue weighted by Gasteiger charge is 2.07. The summed E-state index contributed by atoms with van der Waals surface area (Å²) >= 11 is 3.04. The van der Waals surface area contributed by atoms with Gasteiger partial charge in [0, 0.05) is 6.42 Å². The Balaban J connectivity index is 1.88. The number of hydrogen-bond acceptors (Lipinski definition) is 6. The van der Waals surface area contributed by atoms with Crippen molar-refractivity contribution in [3.05, 3.63) is 24.0 Å². The zero-order chi connectivity index (χ0) is 13.0. The Morgan fingerprint density at radius 3 is 3.00 bits per heavy atom. The van der Waals surface area contributed by atoms with E-state index in [0.29, 0.717) is 23.2 Å². The molecule has 0 aliphatic carbocycles. The van der Waals surface area contributed by atoms with Crippen molar-refractivity contribution in [3.63, 3.8) is 0 Å². The molecule has 0 unspecified atom stereocenters. The Kier molecular flexibility index (Phi) is 4.38. The van der Waals surface area contributed by atoms with E-state index in [2.05, 4.69) is 15.3 Å². The molecule has 1 N–H and O–H groups in total. The van der Waals surface area contributed by atoms with Gasteiger partial charge in [0.05, 0.1) is 22.4 Å². The number of thioether (sulfide) groups is 1. The number of nitrogens with one attached hydrogen (secondary N) is 1. The van der Waals surface area contributed by atoms with Gasteiger partial charge in [-0.15, -0.1) is 11.8 Å². The van der Waals surface area contributed by atoms with Crippen LogP contribution >= 0.6 is 23.1 Å². The molecule has 96 valence electrons. The summed E-state index contributed by atoms with van der Waals surface area (Å²) in [5.74, 6) is 2.15. The maximum Gasteiger partial charge on any atom is 0.225 e. The van der Waals surface area contributed by atoms with Crippen molar-refractivity contribution in [1.29, 1.82) is 0 Å². The average molecular weight is 283 g/mol. The second-order valence-electron chi connectivity index (χ2n) is 3.54. The summed E-state index contributed by atoms with van der Waals surface area (Å²) in [6.07, 6.45) is 3.91. The van der Waals surface area contributed by atoms with Crippen LogP contribution < -0.4 is 5.32 Å². The van der Waals surface area contributed by atoms with Crippen LogP contribution in [0.15, 0.2) is 21.0 Å². The van der Waals surface area contributed by atoms with Crippen LogP contribution in [-0.2, 0) is 10.5 Å². The van der Waals surface area contributed by atoms with E-state index in [4.69, 9.17) is 4.42 Å². The lowest BCUT2D eigenvalue weighted by atomic mass is 10.5. The molecule has 0 saturated heterocycles. The molecule has 0 saturated carbocycles. The predicted octanol–water partition coefficient (Wildman–Crippen LogP) is 3.08. The second-order valence-corrected chi connectivity index (χ2v) is 5.85. The van der Waals surface area contributed by atoms with Crippen molar-refractivity contribution >= 4 is 34.1 Å². The second kappa shape index (κ2) is 6.01. The molecule has 7 heteroatoms. The van der Waals surface area contributed by atoms with Crippen LogP contribution in [0.3, 0.4) is 0 Å². The minimum absolute atomic E-state index is 0.0239. The number of oxazole rings is 1. The molecule has 2 aromatic heterocycles. The fraction of sp³-hybridized carbons (Fsp3) is 0.364. The largest absolute Gasteiger partial charge is 0.445 e. The highest BCUT2D eigenvalue weighted by atomic mass is 32.2. The first-order chi connectivity index (χ1) is 8.67. The number of carbonyl (C=O) groups excluding carboxylic acids is 1. The molecule has 1 amide bonds. The van der Waals surface area contributed by atoms with Crippen LogP contribution in [0.25, 0.3) is 0 Å². The van der Waals surface area contributed by atoms with Gasteiger partial charge in [0.1, 0.15) is 5.76 Å². The highest BCUT2D eigenvalue weighted by Crippen LogP contribution is 2.30. The minimum atomic E-state index is -0.0239. The molecule has 0 aromatic carbocycles. The summed E-state index contributed by atoms with van der Waals surface area (Å²) in [5.41, 5.74) is 0. The number of nitrogens with zero attached hydrogens (tertiary/aromatic N) is 2. The van der Waals surface area contributed by atoms with Gasteiger partial charge in [0.2, 0.25) is 11.8 Å². The lowest BCUT2D eigenvalue weighted by molar-refractivity contribution is -0.115. The Morgan fingerprint density at radius 1 is 1.50 bits per heavy atom. The van der Waals surface area contributed by atoms with Gasteiger partial charge in [-0.2, -0.15) is 0 Å². The van der Waals surface area contributed by atoms with Gasteiger partial charge in [-0.05, 0) is 6.92 Å². The molecule has 2 aromatic rings. The normalized spacial score (nSPS) is 10.6. The standard InChI is InChI=1S/C11H13N3O2S2/c1-3-8(15)14-11-13-5-10(18-11)17-6-9-12-4-7(2)16-9/h4-5H,3,6H2,1-2H3,(H,13,14,15). The van der Waals surface area contributed by atoms with Crippen LogP contribution in [-0.4, -0.2) is 15.9 Å². The molecule has 0 bridgehead atoms. The van der Waals surface area contributed by atoms with Gasteiger partial charge in [-0.25, -0.2) is 9.97 Å². The molecule has 5 nitrogen and oxygen atoms in total. The third-order valence-corrected chi connectivity index (χ3v) is 4.15. The monoisotopic (exact) mass is 283 g/mol. The van der Waals surface area contributed by atoms with Crippen molar-refractivity contribution in [2.24, 2.45) is 0 Å². The third-order valence-electron chi connectivity index (χ3n) is 2.06. The van der Waals surface area contributed by atoms with Crippen molar-refractivity contribution in [1.82, 2.24) is 9.97 Å². The van der Waals surface area contributed by atoms with E-state index in [1.54, 1.807) is 24.2 Å². The lowest BCUT2D eigenvalue weighted by Gasteiger charge is -1.96. The number of hydrogen-bond donors (Lipinski definition) is 1. The number of carbonyl (C=O) groups is 1. The van der Waals surface area contributed by atoms with Gasteiger partial charge < -0.3 is 9.73 Å². The molecule has 2 rings (SSSR count). The smallest absolute Gasteiger partial charge is 0.225 e. The summed E-state index contributed by atoms with van der Waals surface area (Å²) in [6, 6.07) is 0. The van der Waals surface area contributed by atoms with Crippen LogP contribution in [0, 0.1) is 6.92 Å². The van der Waals surface area contributed by atoms with Gasteiger partial charge in [-0.1, -0.05) is 18.3 Å². The fourth-order valence-electron chi connectivity index (χ4n) is 1.19. The predicted molar refractivity (Wildman–Crippen MR) is 71.8 cm³/mol. The molecular weight excluding hydrogens is 270 g/mol. The maximum atomic E-state index is 11.2.